The molecule has 3 rings (SSSR count). The van der Waals surface area contributed by atoms with Crippen molar-refractivity contribution >= 4 is 40.2 Å². The van der Waals surface area contributed by atoms with Crippen LogP contribution in [0.1, 0.15) is 5.56 Å². The molecule has 0 unspecified atom stereocenters. The molecule has 0 fully saturated rings. The Morgan fingerprint density at radius 3 is 3.05 bits per heavy atom. The first-order valence-electron chi connectivity index (χ1n) is 6.01. The van der Waals surface area contributed by atoms with Crippen molar-refractivity contribution in [2.24, 2.45) is 0 Å². The molecule has 0 aliphatic carbocycles. The Hall–Kier alpha value is -2.06. The predicted octanol–water partition coefficient (Wildman–Crippen LogP) is 2.64. The average Bonchev–Trinajstić information content (AvgIpc) is 3.13. The first-order valence-corrected chi connectivity index (χ1v) is 8.05. The highest BCUT2D eigenvalue weighted by atomic mass is 32.2. The van der Waals surface area contributed by atoms with E-state index in [1.54, 1.807) is 6.08 Å². The van der Waals surface area contributed by atoms with Gasteiger partial charge in [0.05, 0.1) is 0 Å². The largest absolute Gasteiger partial charge is 0.454 e. The molecule has 1 aliphatic heterocycles. The Morgan fingerprint density at radius 2 is 2.24 bits per heavy atom. The van der Waals surface area contributed by atoms with Gasteiger partial charge in [-0.05, 0) is 30.0 Å². The number of rotatable bonds is 4. The summed E-state index contributed by atoms with van der Waals surface area (Å²) in [5.41, 5.74) is 0.858. The van der Waals surface area contributed by atoms with Gasteiger partial charge in [-0.1, -0.05) is 29.2 Å². The SMILES string of the molecule is CSc1nnc(NC(=O)/C=C\c2ccc3c(c2)OCO3)s1. The molecule has 2 heterocycles. The van der Waals surface area contributed by atoms with E-state index in [0.717, 1.165) is 15.7 Å². The molecule has 1 N–H and O–H groups in total. The Bertz CT molecular complexity index is 700. The zero-order valence-corrected chi connectivity index (χ0v) is 12.7. The van der Waals surface area contributed by atoms with Crippen molar-refractivity contribution in [3.63, 3.8) is 0 Å². The van der Waals surface area contributed by atoms with Crippen LogP contribution in [-0.4, -0.2) is 29.2 Å². The van der Waals surface area contributed by atoms with Crippen LogP contribution < -0.4 is 14.8 Å². The summed E-state index contributed by atoms with van der Waals surface area (Å²) in [5, 5.41) is 10.9. The van der Waals surface area contributed by atoms with Crippen LogP contribution in [0.5, 0.6) is 11.5 Å². The minimum absolute atomic E-state index is 0.234. The first-order chi connectivity index (χ1) is 10.2. The highest BCUT2D eigenvalue weighted by Crippen LogP contribution is 2.32. The third-order valence-electron chi connectivity index (χ3n) is 2.63. The second-order valence-electron chi connectivity index (χ2n) is 4.01. The maximum absolute atomic E-state index is 11.8. The van der Waals surface area contributed by atoms with Crippen LogP contribution in [0.15, 0.2) is 28.6 Å². The molecule has 2 aromatic rings. The number of fused-ring (bicyclic) bond motifs is 1. The molecule has 8 heteroatoms. The standard InChI is InChI=1S/C13H11N3O3S2/c1-20-13-16-15-12(21-13)14-11(17)5-3-8-2-4-9-10(6-8)19-7-18-9/h2-6H,7H2,1H3,(H,14,15,17)/b5-3-. The minimum Gasteiger partial charge on any atom is -0.454 e. The lowest BCUT2D eigenvalue weighted by Gasteiger charge is -1.98. The van der Waals surface area contributed by atoms with E-state index in [9.17, 15) is 4.79 Å². The highest BCUT2D eigenvalue weighted by Gasteiger charge is 2.12. The van der Waals surface area contributed by atoms with Gasteiger partial charge in [0, 0.05) is 6.08 Å². The third-order valence-corrected chi connectivity index (χ3v) is 4.45. The van der Waals surface area contributed by atoms with Crippen molar-refractivity contribution in [1.82, 2.24) is 10.2 Å². The van der Waals surface area contributed by atoms with Gasteiger partial charge >= 0.3 is 0 Å². The second kappa shape index (κ2) is 6.15. The maximum Gasteiger partial charge on any atom is 0.250 e. The van der Waals surface area contributed by atoms with Crippen molar-refractivity contribution in [2.45, 2.75) is 4.34 Å². The van der Waals surface area contributed by atoms with Gasteiger partial charge in [-0.3, -0.25) is 10.1 Å². The van der Waals surface area contributed by atoms with E-state index < -0.39 is 0 Å². The van der Waals surface area contributed by atoms with Crippen LogP contribution in [-0.2, 0) is 4.79 Å². The van der Waals surface area contributed by atoms with Crippen LogP contribution in [0.2, 0.25) is 0 Å². The fourth-order valence-corrected chi connectivity index (χ4v) is 2.85. The number of carbonyl (C=O) groups excluding carboxylic acids is 1. The van der Waals surface area contributed by atoms with Crippen LogP contribution in [0.25, 0.3) is 6.08 Å². The molecular weight excluding hydrogens is 310 g/mol. The zero-order valence-electron chi connectivity index (χ0n) is 11.0. The lowest BCUT2D eigenvalue weighted by atomic mass is 10.2. The number of nitrogens with zero attached hydrogens (tertiary/aromatic N) is 2. The molecule has 108 valence electrons. The summed E-state index contributed by atoms with van der Waals surface area (Å²) in [6, 6.07) is 5.49. The Labute approximate surface area is 129 Å². The summed E-state index contributed by atoms with van der Waals surface area (Å²) in [4.78, 5) is 11.8. The fraction of sp³-hybridized carbons (Fsp3) is 0.154. The molecule has 1 amide bonds. The molecular formula is C13H11N3O3S2. The van der Waals surface area contributed by atoms with Gasteiger partial charge in [0.2, 0.25) is 17.8 Å². The summed E-state index contributed by atoms with van der Waals surface area (Å²) in [7, 11) is 0. The molecule has 0 atom stereocenters. The van der Waals surface area contributed by atoms with Gasteiger partial charge in [-0.25, -0.2) is 0 Å². The molecule has 21 heavy (non-hydrogen) atoms. The molecule has 0 bridgehead atoms. The summed E-state index contributed by atoms with van der Waals surface area (Å²) in [5.74, 6) is 1.15. The predicted molar refractivity (Wildman–Crippen MR) is 81.9 cm³/mol. The van der Waals surface area contributed by atoms with Gasteiger partial charge in [-0.15, -0.1) is 10.2 Å². The van der Waals surface area contributed by atoms with Gasteiger partial charge < -0.3 is 9.47 Å². The van der Waals surface area contributed by atoms with E-state index in [1.807, 2.05) is 24.5 Å². The van der Waals surface area contributed by atoms with E-state index >= 15 is 0 Å². The van der Waals surface area contributed by atoms with Crippen LogP contribution in [0, 0.1) is 0 Å². The van der Waals surface area contributed by atoms with Gasteiger partial charge in [0.15, 0.2) is 15.8 Å². The summed E-state index contributed by atoms with van der Waals surface area (Å²) in [6.07, 6.45) is 5.05. The Kier molecular flexibility index (Phi) is 4.07. The number of carbonyl (C=O) groups is 1. The van der Waals surface area contributed by atoms with Crippen LogP contribution in [0.3, 0.4) is 0 Å². The number of thioether (sulfide) groups is 1. The van der Waals surface area contributed by atoms with Crippen LogP contribution in [0.4, 0.5) is 5.13 Å². The monoisotopic (exact) mass is 321 g/mol. The molecule has 0 saturated heterocycles. The topological polar surface area (TPSA) is 73.3 Å². The normalized spacial score (nSPS) is 12.8. The molecule has 1 aliphatic rings. The summed E-state index contributed by atoms with van der Waals surface area (Å²) in [6.45, 7) is 0.234. The van der Waals surface area contributed by atoms with Crippen molar-refractivity contribution in [3.8, 4) is 11.5 Å². The van der Waals surface area contributed by atoms with Gasteiger partial charge in [-0.2, -0.15) is 0 Å². The number of benzene rings is 1. The number of nitrogens with one attached hydrogen (secondary N) is 1. The summed E-state index contributed by atoms with van der Waals surface area (Å²) < 4.78 is 11.3. The number of anilines is 1. The Morgan fingerprint density at radius 1 is 1.38 bits per heavy atom. The van der Waals surface area contributed by atoms with E-state index in [2.05, 4.69) is 15.5 Å². The number of hydrogen-bond donors (Lipinski definition) is 1. The second-order valence-corrected chi connectivity index (χ2v) is 6.04. The highest BCUT2D eigenvalue weighted by molar-refractivity contribution is 8.00. The quantitative estimate of drug-likeness (QED) is 0.530. The molecule has 1 aromatic carbocycles. The van der Waals surface area contributed by atoms with E-state index in [4.69, 9.17) is 9.47 Å². The smallest absolute Gasteiger partial charge is 0.250 e. The van der Waals surface area contributed by atoms with Crippen molar-refractivity contribution in [2.75, 3.05) is 18.4 Å². The van der Waals surface area contributed by atoms with E-state index in [-0.39, 0.29) is 12.7 Å². The first kappa shape index (κ1) is 13.9. The van der Waals surface area contributed by atoms with Crippen LogP contribution >= 0.6 is 23.1 Å². The average molecular weight is 321 g/mol. The minimum atomic E-state index is -0.253. The molecule has 1 aromatic heterocycles. The maximum atomic E-state index is 11.8. The van der Waals surface area contributed by atoms with E-state index in [0.29, 0.717) is 10.9 Å². The lowest BCUT2D eigenvalue weighted by molar-refractivity contribution is -0.111. The van der Waals surface area contributed by atoms with Crippen molar-refractivity contribution in [1.29, 1.82) is 0 Å². The van der Waals surface area contributed by atoms with Gasteiger partial charge in [0.25, 0.3) is 0 Å². The number of hydrogen-bond acceptors (Lipinski definition) is 7. The van der Waals surface area contributed by atoms with E-state index in [1.165, 1.54) is 29.2 Å². The lowest BCUT2D eigenvalue weighted by Crippen LogP contribution is -2.07. The van der Waals surface area contributed by atoms with Crippen molar-refractivity contribution < 1.29 is 14.3 Å². The third kappa shape index (κ3) is 3.34. The number of ether oxygens (including phenoxy) is 2. The van der Waals surface area contributed by atoms with Gasteiger partial charge in [0.1, 0.15) is 0 Å². The zero-order chi connectivity index (χ0) is 14.7. The fourth-order valence-electron chi connectivity index (χ4n) is 1.68. The molecule has 0 saturated carbocycles. The Balaban J connectivity index is 1.64. The molecule has 0 spiro atoms. The summed E-state index contributed by atoms with van der Waals surface area (Å²) >= 11 is 2.83. The molecule has 0 radical (unpaired) electrons. The van der Waals surface area contributed by atoms with Crippen molar-refractivity contribution in [3.05, 3.63) is 29.8 Å². The number of aromatic nitrogens is 2. The molecule has 6 nitrogen and oxygen atoms in total. The number of amides is 1.